The van der Waals surface area contributed by atoms with Crippen molar-refractivity contribution in [2.24, 2.45) is 0 Å². The molecule has 0 saturated heterocycles. The average Bonchev–Trinajstić information content (AvgIpc) is 2.52. The molecule has 0 heterocycles. The minimum Gasteiger partial charge on any atom is -0.369 e. The second-order valence-corrected chi connectivity index (χ2v) is 5.67. The van der Waals surface area contributed by atoms with Crippen molar-refractivity contribution in [1.29, 1.82) is 0 Å². The van der Waals surface area contributed by atoms with Crippen LogP contribution in [0, 0.1) is 12.7 Å². The quantitative estimate of drug-likeness (QED) is 0.741. The van der Waals surface area contributed by atoms with Gasteiger partial charge < -0.3 is 10.4 Å². The molecule has 0 atom stereocenters. The summed E-state index contributed by atoms with van der Waals surface area (Å²) in [5.41, 5.74) is -6.75. The number of anilines is 1. The number of nitrogens with one attached hydrogen (secondary N) is 1. The highest BCUT2D eigenvalue weighted by Crippen LogP contribution is 2.50. The van der Waals surface area contributed by atoms with Gasteiger partial charge >= 0.3 is 12.4 Å². The monoisotopic (exact) mass is 395 g/mol. The van der Waals surface area contributed by atoms with Gasteiger partial charge in [-0.25, -0.2) is 4.39 Å². The highest BCUT2D eigenvalue weighted by molar-refractivity contribution is 6.05. The molecule has 3 nitrogen and oxygen atoms in total. The molecule has 0 aliphatic rings. The van der Waals surface area contributed by atoms with Crippen LogP contribution in [0.3, 0.4) is 0 Å². The number of alkyl halides is 6. The van der Waals surface area contributed by atoms with Crippen LogP contribution in [-0.4, -0.2) is 23.4 Å². The van der Waals surface area contributed by atoms with E-state index >= 15 is 0 Å². The standard InChI is InChI=1S/C17H12F7NO2/c1-9-3-2-4-12(18)13(9)14(26)25-11-7-5-10(6-8-11)15(27,16(19,20)21)17(22,23)24/h2-8,27H,1H3,(H,25,26). The lowest BCUT2D eigenvalue weighted by atomic mass is 9.92. The number of carbonyl (C=O) groups excluding carboxylic acids is 1. The molecule has 0 bridgehead atoms. The van der Waals surface area contributed by atoms with Crippen LogP contribution in [0.5, 0.6) is 0 Å². The fourth-order valence-corrected chi connectivity index (χ4v) is 2.40. The fourth-order valence-electron chi connectivity index (χ4n) is 2.40. The molecule has 0 unspecified atom stereocenters. The Labute approximate surface area is 148 Å². The Morgan fingerprint density at radius 2 is 1.44 bits per heavy atom. The Bertz CT molecular complexity index is 808. The van der Waals surface area contributed by atoms with E-state index in [-0.39, 0.29) is 16.8 Å². The maximum atomic E-state index is 13.7. The van der Waals surface area contributed by atoms with Crippen LogP contribution < -0.4 is 5.32 Å². The highest BCUT2D eigenvalue weighted by Gasteiger charge is 2.71. The first-order valence-corrected chi connectivity index (χ1v) is 7.32. The van der Waals surface area contributed by atoms with E-state index in [4.69, 9.17) is 0 Å². The number of carbonyl (C=O) groups is 1. The topological polar surface area (TPSA) is 49.3 Å². The van der Waals surface area contributed by atoms with Gasteiger partial charge in [-0.3, -0.25) is 4.79 Å². The van der Waals surface area contributed by atoms with Crippen LogP contribution in [0.4, 0.5) is 36.4 Å². The zero-order valence-corrected chi connectivity index (χ0v) is 13.5. The third-order valence-corrected chi connectivity index (χ3v) is 3.83. The maximum absolute atomic E-state index is 13.7. The van der Waals surface area contributed by atoms with Gasteiger partial charge in [0.05, 0.1) is 5.56 Å². The summed E-state index contributed by atoms with van der Waals surface area (Å²) in [6, 6.07) is 6.09. The van der Waals surface area contributed by atoms with Crippen molar-refractivity contribution in [2.45, 2.75) is 24.9 Å². The van der Waals surface area contributed by atoms with E-state index in [9.17, 15) is 40.6 Å². The Balaban J connectivity index is 2.34. The summed E-state index contributed by atoms with van der Waals surface area (Å²) < 4.78 is 90.7. The number of aliphatic hydroxyl groups is 1. The molecule has 0 saturated carbocycles. The Morgan fingerprint density at radius 3 is 1.89 bits per heavy atom. The minimum absolute atomic E-state index is 0.182. The van der Waals surface area contributed by atoms with Gasteiger partial charge in [0.1, 0.15) is 5.82 Å². The van der Waals surface area contributed by atoms with E-state index < -0.39 is 35.2 Å². The Kier molecular flexibility index (Phi) is 5.24. The van der Waals surface area contributed by atoms with E-state index in [0.29, 0.717) is 12.1 Å². The summed E-state index contributed by atoms with van der Waals surface area (Å²) >= 11 is 0. The molecular formula is C17H12F7NO2. The molecular weight excluding hydrogens is 383 g/mol. The van der Waals surface area contributed by atoms with Crippen LogP contribution in [-0.2, 0) is 5.60 Å². The molecule has 0 aliphatic heterocycles. The van der Waals surface area contributed by atoms with Gasteiger partial charge in [0, 0.05) is 11.3 Å². The molecule has 0 radical (unpaired) electrons. The highest BCUT2D eigenvalue weighted by atomic mass is 19.4. The SMILES string of the molecule is Cc1cccc(F)c1C(=O)Nc1ccc(C(O)(C(F)(F)F)C(F)(F)F)cc1. The van der Waals surface area contributed by atoms with Crippen LogP contribution >= 0.6 is 0 Å². The molecule has 10 heteroatoms. The van der Waals surface area contributed by atoms with Crippen molar-refractivity contribution >= 4 is 11.6 Å². The largest absolute Gasteiger partial charge is 0.430 e. The number of rotatable bonds is 3. The first kappa shape index (κ1) is 20.7. The lowest BCUT2D eigenvalue weighted by Crippen LogP contribution is -2.53. The molecule has 1 amide bonds. The summed E-state index contributed by atoms with van der Waals surface area (Å²) in [5, 5.41) is 11.5. The van der Waals surface area contributed by atoms with Crippen LogP contribution in [0.25, 0.3) is 0 Å². The molecule has 2 rings (SSSR count). The van der Waals surface area contributed by atoms with Gasteiger partial charge in [-0.05, 0) is 30.7 Å². The second kappa shape index (κ2) is 6.84. The normalized spacial score (nSPS) is 12.8. The zero-order chi connectivity index (χ0) is 20.6. The van der Waals surface area contributed by atoms with Crippen molar-refractivity contribution in [3.05, 3.63) is 65.0 Å². The van der Waals surface area contributed by atoms with Gasteiger partial charge in [-0.1, -0.05) is 24.3 Å². The number of benzene rings is 2. The number of hydrogen-bond donors (Lipinski definition) is 2. The minimum atomic E-state index is -6.01. The van der Waals surface area contributed by atoms with Crippen molar-refractivity contribution in [1.82, 2.24) is 0 Å². The first-order chi connectivity index (χ1) is 12.3. The molecule has 0 spiro atoms. The lowest BCUT2D eigenvalue weighted by Gasteiger charge is -2.32. The molecule has 27 heavy (non-hydrogen) atoms. The van der Waals surface area contributed by atoms with Gasteiger partial charge in [-0.2, -0.15) is 26.3 Å². The summed E-state index contributed by atoms with van der Waals surface area (Å²) in [6.07, 6.45) is -12.0. The van der Waals surface area contributed by atoms with Crippen LogP contribution in [0.1, 0.15) is 21.5 Å². The number of aryl methyl sites for hydroxylation is 1. The van der Waals surface area contributed by atoms with Gasteiger partial charge in [0.15, 0.2) is 0 Å². The summed E-state index contributed by atoms with van der Waals surface area (Å²) in [6.45, 7) is 1.45. The summed E-state index contributed by atoms with van der Waals surface area (Å²) in [4.78, 5) is 12.1. The van der Waals surface area contributed by atoms with Crippen molar-refractivity contribution < 1.29 is 40.6 Å². The van der Waals surface area contributed by atoms with Crippen LogP contribution in [0.2, 0.25) is 0 Å². The smallest absolute Gasteiger partial charge is 0.369 e. The third kappa shape index (κ3) is 3.75. The summed E-state index contributed by atoms with van der Waals surface area (Å²) in [5.74, 6) is -1.77. The number of amides is 1. The number of hydrogen-bond acceptors (Lipinski definition) is 2. The van der Waals surface area contributed by atoms with E-state index in [0.717, 1.165) is 18.2 Å². The van der Waals surface area contributed by atoms with E-state index in [1.165, 1.54) is 19.1 Å². The zero-order valence-electron chi connectivity index (χ0n) is 13.5. The fraction of sp³-hybridized carbons (Fsp3) is 0.235. The Morgan fingerprint density at radius 1 is 0.926 bits per heavy atom. The third-order valence-electron chi connectivity index (χ3n) is 3.83. The van der Waals surface area contributed by atoms with Crippen molar-refractivity contribution in [3.8, 4) is 0 Å². The molecule has 0 aromatic heterocycles. The van der Waals surface area contributed by atoms with Gasteiger partial charge in [-0.15, -0.1) is 0 Å². The maximum Gasteiger partial charge on any atom is 0.430 e. The first-order valence-electron chi connectivity index (χ1n) is 7.32. The lowest BCUT2D eigenvalue weighted by molar-refractivity contribution is -0.376. The molecule has 2 aromatic carbocycles. The predicted molar refractivity (Wildman–Crippen MR) is 81.5 cm³/mol. The molecule has 0 fully saturated rings. The summed E-state index contributed by atoms with van der Waals surface area (Å²) in [7, 11) is 0. The number of halogens is 7. The van der Waals surface area contributed by atoms with E-state index in [2.05, 4.69) is 5.32 Å². The van der Waals surface area contributed by atoms with Crippen LogP contribution in [0.15, 0.2) is 42.5 Å². The van der Waals surface area contributed by atoms with E-state index in [1.807, 2.05) is 0 Å². The second-order valence-electron chi connectivity index (χ2n) is 5.67. The molecule has 2 N–H and O–H groups in total. The molecule has 0 aliphatic carbocycles. The molecule has 2 aromatic rings. The van der Waals surface area contributed by atoms with Crippen molar-refractivity contribution in [2.75, 3.05) is 5.32 Å². The Hall–Kier alpha value is -2.62. The average molecular weight is 395 g/mol. The van der Waals surface area contributed by atoms with E-state index in [1.54, 1.807) is 0 Å². The predicted octanol–water partition coefficient (Wildman–Crippen LogP) is 4.70. The van der Waals surface area contributed by atoms with Crippen molar-refractivity contribution in [3.63, 3.8) is 0 Å². The molecule has 146 valence electrons. The van der Waals surface area contributed by atoms with Gasteiger partial charge in [0.25, 0.3) is 11.5 Å². The van der Waals surface area contributed by atoms with Gasteiger partial charge in [0.2, 0.25) is 0 Å².